The Morgan fingerprint density at radius 1 is 1.07 bits per heavy atom. The summed E-state index contributed by atoms with van der Waals surface area (Å²) in [4.78, 5) is 11.8. The molecule has 1 unspecified atom stereocenters. The van der Waals surface area contributed by atoms with Gasteiger partial charge in [0.25, 0.3) is 0 Å². The Bertz CT molecular complexity index is 1020. The fraction of sp³-hybridized carbons (Fsp3) is 0.200. The summed E-state index contributed by atoms with van der Waals surface area (Å²) in [5.41, 5.74) is 2.98. The first kappa shape index (κ1) is 20.5. The monoisotopic (exact) mass is 438 g/mol. The lowest BCUT2D eigenvalue weighted by Crippen LogP contribution is -2.25. The Hall–Kier alpha value is -2.21. The normalized spacial score (nSPS) is 11.9. The van der Waals surface area contributed by atoms with Crippen molar-refractivity contribution >= 4 is 40.8 Å². The van der Waals surface area contributed by atoms with Crippen molar-refractivity contribution in [2.75, 3.05) is 7.11 Å². The molecule has 146 valence electrons. The van der Waals surface area contributed by atoms with Crippen LogP contribution in [0.25, 0.3) is 16.9 Å². The van der Waals surface area contributed by atoms with Gasteiger partial charge in [-0.3, -0.25) is 0 Å². The van der Waals surface area contributed by atoms with Crippen molar-refractivity contribution in [1.29, 1.82) is 0 Å². The van der Waals surface area contributed by atoms with Gasteiger partial charge in [-0.25, -0.2) is 9.48 Å². The Morgan fingerprint density at radius 2 is 1.71 bits per heavy atom. The molecule has 0 aliphatic carbocycles. The molecule has 5 nitrogen and oxygen atoms in total. The highest BCUT2D eigenvalue weighted by Gasteiger charge is 2.24. The molecule has 0 N–H and O–H groups in total. The van der Waals surface area contributed by atoms with Crippen molar-refractivity contribution in [1.82, 2.24) is 9.78 Å². The molecule has 0 aliphatic heterocycles. The van der Waals surface area contributed by atoms with Crippen molar-refractivity contribution in [3.05, 3.63) is 63.1 Å². The number of nitrogens with zero attached hydrogens (tertiary/aromatic N) is 2. The summed E-state index contributed by atoms with van der Waals surface area (Å²) in [7, 11) is 1.31. The maximum Gasteiger partial charge on any atom is 0.346 e. The van der Waals surface area contributed by atoms with Gasteiger partial charge < -0.3 is 9.47 Å². The van der Waals surface area contributed by atoms with Gasteiger partial charge in [0.05, 0.1) is 23.5 Å². The van der Waals surface area contributed by atoms with Crippen molar-refractivity contribution in [3.8, 4) is 22.8 Å². The SMILES string of the molecule is COC(=O)C(C)Oc1nn(-c2ccc(Cl)cc2Cl)c(-c2ccc(Cl)cc2)c1C. The smallest absolute Gasteiger partial charge is 0.346 e. The van der Waals surface area contributed by atoms with Gasteiger partial charge in [-0.05, 0) is 44.2 Å². The first-order valence-corrected chi connectivity index (χ1v) is 9.50. The molecule has 1 aromatic heterocycles. The third-order valence-electron chi connectivity index (χ3n) is 4.16. The van der Waals surface area contributed by atoms with Crippen molar-refractivity contribution in [3.63, 3.8) is 0 Å². The molecular weight excluding hydrogens is 423 g/mol. The van der Waals surface area contributed by atoms with Crippen LogP contribution in [0.4, 0.5) is 0 Å². The number of carbonyl (C=O) groups is 1. The molecule has 0 aliphatic rings. The highest BCUT2D eigenvalue weighted by atomic mass is 35.5. The summed E-state index contributed by atoms with van der Waals surface area (Å²) in [5, 5.41) is 6.11. The lowest BCUT2D eigenvalue weighted by atomic mass is 10.1. The first-order chi connectivity index (χ1) is 13.3. The minimum atomic E-state index is -0.814. The van der Waals surface area contributed by atoms with E-state index in [-0.39, 0.29) is 0 Å². The molecule has 0 spiro atoms. The van der Waals surface area contributed by atoms with Gasteiger partial charge in [0.1, 0.15) is 0 Å². The standard InChI is InChI=1S/C20H17Cl3N2O3/c1-11-18(13-4-6-14(21)7-5-13)25(17-9-8-15(22)10-16(17)23)24-19(11)28-12(2)20(26)27-3/h4-10,12H,1-3H3. The summed E-state index contributed by atoms with van der Waals surface area (Å²) in [6.07, 6.45) is -0.814. The van der Waals surface area contributed by atoms with Gasteiger partial charge >= 0.3 is 5.97 Å². The summed E-state index contributed by atoms with van der Waals surface area (Å²) in [6, 6.07) is 12.5. The van der Waals surface area contributed by atoms with E-state index in [1.807, 2.05) is 19.1 Å². The number of methoxy groups -OCH3 is 1. The van der Waals surface area contributed by atoms with Gasteiger partial charge in [0.2, 0.25) is 5.88 Å². The largest absolute Gasteiger partial charge is 0.466 e. The maximum atomic E-state index is 11.8. The summed E-state index contributed by atoms with van der Waals surface area (Å²) >= 11 is 18.5. The average molecular weight is 440 g/mol. The topological polar surface area (TPSA) is 53.4 Å². The second kappa shape index (κ2) is 8.43. The molecule has 28 heavy (non-hydrogen) atoms. The number of esters is 1. The second-order valence-electron chi connectivity index (χ2n) is 6.08. The van der Waals surface area contributed by atoms with E-state index >= 15 is 0 Å². The van der Waals surface area contributed by atoms with Crippen molar-refractivity contribution in [2.24, 2.45) is 0 Å². The van der Waals surface area contributed by atoms with Crippen LogP contribution >= 0.6 is 34.8 Å². The minimum Gasteiger partial charge on any atom is -0.466 e. The number of hydrogen-bond acceptors (Lipinski definition) is 4. The highest BCUT2D eigenvalue weighted by molar-refractivity contribution is 6.35. The number of aromatic nitrogens is 2. The lowest BCUT2D eigenvalue weighted by Gasteiger charge is -2.10. The number of halogens is 3. The molecule has 3 rings (SSSR count). The minimum absolute atomic E-state index is 0.300. The van der Waals surface area contributed by atoms with E-state index in [9.17, 15) is 4.79 Å². The zero-order valence-electron chi connectivity index (χ0n) is 15.4. The van der Waals surface area contributed by atoms with E-state index in [4.69, 9.17) is 44.3 Å². The Labute approximate surface area is 177 Å². The Kier molecular flexibility index (Phi) is 6.18. The maximum absolute atomic E-state index is 11.8. The van der Waals surface area contributed by atoms with Crippen LogP contribution in [0, 0.1) is 6.92 Å². The number of carbonyl (C=O) groups excluding carboxylic acids is 1. The summed E-state index contributed by atoms with van der Waals surface area (Å²) in [6.45, 7) is 3.46. The highest BCUT2D eigenvalue weighted by Crippen LogP contribution is 2.36. The molecule has 0 fully saturated rings. The van der Waals surface area contributed by atoms with Gasteiger partial charge in [-0.15, -0.1) is 5.10 Å². The van der Waals surface area contributed by atoms with E-state index in [0.717, 1.165) is 16.8 Å². The molecule has 0 bridgehead atoms. The molecule has 2 aromatic carbocycles. The summed E-state index contributed by atoms with van der Waals surface area (Å²) < 4.78 is 12.1. The predicted octanol–water partition coefficient (Wildman–Crippen LogP) is 5.75. The van der Waals surface area contributed by atoms with Crippen LogP contribution in [-0.2, 0) is 9.53 Å². The third kappa shape index (κ3) is 4.12. The van der Waals surface area contributed by atoms with Crippen LogP contribution in [0.15, 0.2) is 42.5 Å². The van der Waals surface area contributed by atoms with Gasteiger partial charge in [-0.2, -0.15) is 0 Å². The second-order valence-corrected chi connectivity index (χ2v) is 7.36. The number of rotatable bonds is 5. The molecule has 0 saturated heterocycles. The predicted molar refractivity (Wildman–Crippen MR) is 111 cm³/mol. The molecular formula is C20H17Cl3N2O3. The third-order valence-corrected chi connectivity index (χ3v) is 4.95. The van der Waals surface area contributed by atoms with E-state index in [1.54, 1.807) is 41.9 Å². The quantitative estimate of drug-likeness (QED) is 0.475. The van der Waals surface area contributed by atoms with Gasteiger partial charge in [-0.1, -0.05) is 46.9 Å². The molecule has 0 amide bonds. The van der Waals surface area contributed by atoms with Crippen LogP contribution < -0.4 is 4.74 Å². The molecule has 0 radical (unpaired) electrons. The Balaban J connectivity index is 2.17. The molecule has 3 aromatic rings. The number of benzene rings is 2. The molecule has 0 saturated carbocycles. The van der Waals surface area contributed by atoms with E-state index < -0.39 is 12.1 Å². The van der Waals surface area contributed by atoms with Crippen molar-refractivity contribution in [2.45, 2.75) is 20.0 Å². The van der Waals surface area contributed by atoms with Gasteiger partial charge in [0.15, 0.2) is 6.10 Å². The fourth-order valence-corrected chi connectivity index (χ4v) is 3.36. The molecule has 1 atom stereocenters. The van der Waals surface area contributed by atoms with Gasteiger partial charge in [0, 0.05) is 21.2 Å². The zero-order chi connectivity index (χ0) is 20.4. The van der Waals surface area contributed by atoms with Crippen LogP contribution in [0.5, 0.6) is 5.88 Å². The van der Waals surface area contributed by atoms with Crippen LogP contribution in [0.2, 0.25) is 15.1 Å². The van der Waals surface area contributed by atoms with E-state index in [2.05, 4.69) is 5.10 Å². The van der Waals surface area contributed by atoms with E-state index in [0.29, 0.717) is 26.6 Å². The molecule has 1 heterocycles. The van der Waals surface area contributed by atoms with E-state index in [1.165, 1.54) is 7.11 Å². The zero-order valence-corrected chi connectivity index (χ0v) is 17.6. The molecule has 8 heteroatoms. The lowest BCUT2D eigenvalue weighted by molar-refractivity contribution is -0.148. The Morgan fingerprint density at radius 3 is 2.32 bits per heavy atom. The number of hydrogen-bond donors (Lipinski definition) is 0. The van der Waals surface area contributed by atoms with Crippen LogP contribution in [0.3, 0.4) is 0 Å². The average Bonchev–Trinajstić information content (AvgIpc) is 2.97. The van der Waals surface area contributed by atoms with Crippen LogP contribution in [-0.4, -0.2) is 29.0 Å². The number of ether oxygens (including phenoxy) is 2. The summed E-state index contributed by atoms with van der Waals surface area (Å²) in [5.74, 6) is -0.194. The first-order valence-electron chi connectivity index (χ1n) is 8.37. The van der Waals surface area contributed by atoms with Crippen molar-refractivity contribution < 1.29 is 14.3 Å². The van der Waals surface area contributed by atoms with Crippen LogP contribution in [0.1, 0.15) is 12.5 Å². The fourth-order valence-electron chi connectivity index (χ4n) is 2.74.